The number of carbonyl (C=O) groups excluding carboxylic acids is 2. The molecule has 10 heteroatoms. The molecule has 1 aliphatic rings. The second kappa shape index (κ2) is 11.8. The van der Waals surface area contributed by atoms with E-state index in [0.717, 1.165) is 0 Å². The maximum atomic E-state index is 14.5. The number of aryl methyl sites for hydroxylation is 1. The number of hydrogen-bond acceptors (Lipinski definition) is 6. The van der Waals surface area contributed by atoms with Crippen LogP contribution in [0.4, 0.5) is 10.2 Å². The number of amides is 2. The molecule has 0 saturated carbocycles. The number of ether oxygens (including phenoxy) is 1. The van der Waals surface area contributed by atoms with E-state index in [1.807, 2.05) is 13.0 Å². The van der Waals surface area contributed by atoms with Crippen molar-refractivity contribution in [3.05, 3.63) is 100 Å². The number of nitrogens with zero attached hydrogens (tertiary/aromatic N) is 3. The second-order valence-corrected chi connectivity index (χ2v) is 9.20. The molecule has 38 heavy (non-hydrogen) atoms. The van der Waals surface area contributed by atoms with Gasteiger partial charge < -0.3 is 19.9 Å². The highest BCUT2D eigenvalue weighted by Crippen LogP contribution is 2.26. The fourth-order valence-corrected chi connectivity index (χ4v) is 4.37. The van der Waals surface area contributed by atoms with Gasteiger partial charge in [0.1, 0.15) is 17.7 Å². The molecule has 0 radical (unpaired) electrons. The van der Waals surface area contributed by atoms with Crippen LogP contribution in [0.1, 0.15) is 34.5 Å². The van der Waals surface area contributed by atoms with Crippen molar-refractivity contribution in [2.75, 3.05) is 31.5 Å². The number of nitrogens with one attached hydrogen (secondary N) is 2. The third kappa shape index (κ3) is 6.33. The lowest BCUT2D eigenvalue weighted by Gasteiger charge is -2.40. The first kappa shape index (κ1) is 26.7. The van der Waals surface area contributed by atoms with E-state index >= 15 is 0 Å². The number of hydrogen-bond donors (Lipinski definition) is 2. The molecule has 4 rings (SSSR count). The van der Waals surface area contributed by atoms with E-state index in [1.54, 1.807) is 42.2 Å². The maximum Gasteiger partial charge on any atom is 0.291 e. The smallest absolute Gasteiger partial charge is 0.291 e. The van der Waals surface area contributed by atoms with Crippen LogP contribution in [0, 0.1) is 12.7 Å². The third-order valence-electron chi connectivity index (χ3n) is 6.50. The molecule has 1 aliphatic heterocycles. The average Bonchev–Trinajstić information content (AvgIpc) is 2.91. The quantitative estimate of drug-likeness (QED) is 0.442. The van der Waals surface area contributed by atoms with Gasteiger partial charge in [0.15, 0.2) is 5.82 Å². The average molecular weight is 520 g/mol. The van der Waals surface area contributed by atoms with Crippen LogP contribution in [0.15, 0.2) is 72.3 Å². The summed E-state index contributed by atoms with van der Waals surface area (Å²) in [5.41, 5.74) is 1.04. The topological polar surface area (TPSA) is 108 Å². The van der Waals surface area contributed by atoms with Gasteiger partial charge in [-0.15, -0.1) is 0 Å². The van der Waals surface area contributed by atoms with Crippen molar-refractivity contribution in [3.63, 3.8) is 0 Å². The van der Waals surface area contributed by atoms with Gasteiger partial charge in [-0.2, -0.15) is 0 Å². The summed E-state index contributed by atoms with van der Waals surface area (Å²) < 4.78 is 20.7. The predicted octanol–water partition coefficient (Wildman–Crippen LogP) is 3.31. The van der Waals surface area contributed by atoms with Crippen LogP contribution in [-0.4, -0.2) is 63.8 Å². The molecule has 1 saturated heterocycles. The van der Waals surface area contributed by atoms with Crippen molar-refractivity contribution >= 4 is 17.6 Å². The van der Waals surface area contributed by atoms with Crippen LogP contribution in [-0.2, 0) is 4.79 Å². The molecule has 0 spiro atoms. The van der Waals surface area contributed by atoms with Crippen LogP contribution in [0.25, 0.3) is 0 Å². The first-order chi connectivity index (χ1) is 18.2. The van der Waals surface area contributed by atoms with Gasteiger partial charge in [0.25, 0.3) is 11.5 Å². The van der Waals surface area contributed by atoms with Gasteiger partial charge in [-0.3, -0.25) is 19.3 Å². The Kier molecular flexibility index (Phi) is 8.32. The minimum absolute atomic E-state index is 0.00575. The van der Waals surface area contributed by atoms with E-state index < -0.39 is 17.6 Å². The van der Waals surface area contributed by atoms with Crippen LogP contribution < -0.4 is 15.6 Å². The first-order valence-corrected chi connectivity index (χ1v) is 12.3. The second-order valence-electron chi connectivity index (χ2n) is 9.20. The van der Waals surface area contributed by atoms with E-state index in [-0.39, 0.29) is 23.6 Å². The van der Waals surface area contributed by atoms with E-state index in [0.29, 0.717) is 48.6 Å². The van der Waals surface area contributed by atoms with E-state index in [9.17, 15) is 18.8 Å². The van der Waals surface area contributed by atoms with Gasteiger partial charge in [-0.05, 0) is 61.4 Å². The lowest BCUT2D eigenvalue weighted by atomic mass is 10.0. The highest BCUT2D eigenvalue weighted by atomic mass is 19.1. The van der Waals surface area contributed by atoms with Crippen molar-refractivity contribution in [3.8, 4) is 5.75 Å². The van der Waals surface area contributed by atoms with Crippen LogP contribution >= 0.6 is 0 Å². The summed E-state index contributed by atoms with van der Waals surface area (Å²) in [6, 6.07) is 11.5. The standard InChI is InChI=1S/C28H30FN5O4/c1-4-25(35)34-14-13-33(16-19(34)3)17-24(21-6-5-18(2)23(29)15-21)38-22-9-7-20(8-10-22)27(36)32-26-28(37)31-12-11-30-26/h4-12,15,19,24H,1,13-14,16-17H2,2-3H3,(H,31,37)(H,30,32,36)/t19-,24+/m1/s1. The fraction of sp³-hybridized carbons (Fsp3) is 0.286. The van der Waals surface area contributed by atoms with Gasteiger partial charge in [-0.25, -0.2) is 9.37 Å². The van der Waals surface area contributed by atoms with Gasteiger partial charge in [0.2, 0.25) is 5.91 Å². The Morgan fingerprint density at radius 3 is 2.68 bits per heavy atom. The fourth-order valence-electron chi connectivity index (χ4n) is 4.37. The van der Waals surface area contributed by atoms with Crippen LogP contribution in [0.3, 0.4) is 0 Å². The lowest BCUT2D eigenvalue weighted by molar-refractivity contribution is -0.130. The molecular formula is C28H30FN5O4. The number of benzene rings is 2. The van der Waals surface area contributed by atoms with Crippen molar-refractivity contribution in [1.29, 1.82) is 0 Å². The maximum absolute atomic E-state index is 14.5. The molecule has 2 amide bonds. The summed E-state index contributed by atoms with van der Waals surface area (Å²) in [6.45, 7) is 9.58. The molecule has 0 aliphatic carbocycles. The van der Waals surface area contributed by atoms with Gasteiger partial charge >= 0.3 is 0 Å². The zero-order chi connectivity index (χ0) is 27.2. The number of piperazine rings is 1. The summed E-state index contributed by atoms with van der Waals surface area (Å²) in [7, 11) is 0. The van der Waals surface area contributed by atoms with Crippen molar-refractivity contribution in [2.24, 2.45) is 0 Å². The summed E-state index contributed by atoms with van der Waals surface area (Å²) in [6.07, 6.45) is 3.58. The Morgan fingerprint density at radius 2 is 2.03 bits per heavy atom. The van der Waals surface area contributed by atoms with Crippen LogP contribution in [0.2, 0.25) is 0 Å². The van der Waals surface area contributed by atoms with Crippen molar-refractivity contribution in [1.82, 2.24) is 19.8 Å². The van der Waals surface area contributed by atoms with Gasteiger partial charge in [0, 0.05) is 50.2 Å². The van der Waals surface area contributed by atoms with Crippen molar-refractivity contribution < 1.29 is 18.7 Å². The Labute approximate surface area is 220 Å². The normalized spacial score (nSPS) is 16.5. The molecule has 198 valence electrons. The highest BCUT2D eigenvalue weighted by molar-refractivity contribution is 6.03. The number of aromatic amines is 1. The van der Waals surface area contributed by atoms with Gasteiger partial charge in [0.05, 0.1) is 0 Å². The Bertz CT molecular complexity index is 1370. The molecule has 2 atom stereocenters. The van der Waals surface area contributed by atoms with Crippen molar-refractivity contribution in [2.45, 2.75) is 26.0 Å². The summed E-state index contributed by atoms with van der Waals surface area (Å²) in [5, 5.41) is 2.48. The minimum atomic E-state index is -0.502. The number of halogens is 1. The molecule has 1 fully saturated rings. The van der Waals surface area contributed by atoms with E-state index in [2.05, 4.69) is 26.8 Å². The molecule has 9 nitrogen and oxygen atoms in total. The molecular weight excluding hydrogens is 489 g/mol. The number of carbonyl (C=O) groups is 2. The van der Waals surface area contributed by atoms with Gasteiger partial charge in [-0.1, -0.05) is 18.7 Å². The molecule has 1 aromatic heterocycles. The third-order valence-corrected chi connectivity index (χ3v) is 6.50. The lowest BCUT2D eigenvalue weighted by Crippen LogP contribution is -2.54. The van der Waals surface area contributed by atoms with Crippen LogP contribution in [0.5, 0.6) is 5.75 Å². The monoisotopic (exact) mass is 519 g/mol. The predicted molar refractivity (Wildman–Crippen MR) is 142 cm³/mol. The summed E-state index contributed by atoms with van der Waals surface area (Å²) in [5.74, 6) is -0.497. The number of rotatable bonds is 8. The zero-order valence-corrected chi connectivity index (χ0v) is 21.3. The Balaban J connectivity index is 1.49. The zero-order valence-electron chi connectivity index (χ0n) is 21.3. The molecule has 2 N–H and O–H groups in total. The SMILES string of the molecule is C=CC(=O)N1CCN(C[C@H](Oc2ccc(C(=O)Nc3ncc[nH]c3=O)cc2)c2ccc(C)c(F)c2)C[C@H]1C. The Morgan fingerprint density at radius 1 is 1.26 bits per heavy atom. The molecule has 3 aromatic rings. The molecule has 0 bridgehead atoms. The summed E-state index contributed by atoms with van der Waals surface area (Å²) >= 11 is 0. The summed E-state index contributed by atoms with van der Waals surface area (Å²) in [4.78, 5) is 46.7. The largest absolute Gasteiger partial charge is 0.484 e. The molecule has 0 unspecified atom stereocenters. The number of H-pyrrole nitrogens is 1. The Hall–Kier alpha value is -4.31. The van der Waals surface area contributed by atoms with E-state index in [4.69, 9.17) is 4.74 Å². The van der Waals surface area contributed by atoms with E-state index in [1.165, 1.54) is 24.5 Å². The number of aromatic nitrogens is 2. The first-order valence-electron chi connectivity index (χ1n) is 12.3. The highest BCUT2D eigenvalue weighted by Gasteiger charge is 2.28. The molecule has 2 heterocycles. The number of anilines is 1. The molecule has 2 aromatic carbocycles. The minimum Gasteiger partial charge on any atom is -0.484 e.